The Bertz CT molecular complexity index is 580. The van der Waals surface area contributed by atoms with Crippen molar-refractivity contribution in [1.82, 2.24) is 0 Å². The quantitative estimate of drug-likeness (QED) is 0.610. The Morgan fingerprint density at radius 1 is 1.14 bits per heavy atom. The molecule has 1 atom stereocenters. The molecule has 0 spiro atoms. The van der Waals surface area contributed by atoms with Gasteiger partial charge in [0.15, 0.2) is 0 Å². The van der Waals surface area contributed by atoms with Gasteiger partial charge in [0.1, 0.15) is 11.6 Å². The molecule has 0 N–H and O–H groups in total. The summed E-state index contributed by atoms with van der Waals surface area (Å²) in [5.74, 6) is 0.275. The standard InChI is InChI=1S/C18H20BrFO/c1-3-4-5-13-6-8-14(9-7-13)18(19)16-11-10-15(21-2)12-17(16)20/h6-12,18H,3-5H2,1-2H3. The number of halogens is 2. The molecule has 0 aromatic heterocycles. The zero-order valence-corrected chi connectivity index (χ0v) is 14.0. The maximum Gasteiger partial charge on any atom is 0.131 e. The first-order valence-electron chi connectivity index (χ1n) is 7.22. The smallest absolute Gasteiger partial charge is 0.131 e. The molecule has 0 radical (unpaired) electrons. The lowest BCUT2D eigenvalue weighted by Gasteiger charge is -2.13. The number of ether oxygens (including phenoxy) is 1. The maximum absolute atomic E-state index is 14.1. The molecular formula is C18H20BrFO. The van der Waals surface area contributed by atoms with Gasteiger partial charge in [-0.05, 0) is 30.0 Å². The van der Waals surface area contributed by atoms with Gasteiger partial charge >= 0.3 is 0 Å². The molecule has 0 aliphatic heterocycles. The van der Waals surface area contributed by atoms with Crippen molar-refractivity contribution in [3.8, 4) is 5.75 Å². The molecule has 0 aliphatic rings. The Hall–Kier alpha value is -1.35. The fourth-order valence-electron chi connectivity index (χ4n) is 2.25. The number of hydrogen-bond acceptors (Lipinski definition) is 1. The summed E-state index contributed by atoms with van der Waals surface area (Å²) >= 11 is 3.59. The predicted molar refractivity (Wildman–Crippen MR) is 88.8 cm³/mol. The van der Waals surface area contributed by atoms with E-state index in [2.05, 4.69) is 47.1 Å². The average molecular weight is 351 g/mol. The molecule has 0 amide bonds. The van der Waals surface area contributed by atoms with Crippen molar-refractivity contribution < 1.29 is 9.13 Å². The Morgan fingerprint density at radius 3 is 2.43 bits per heavy atom. The monoisotopic (exact) mass is 350 g/mol. The Labute approximate surface area is 134 Å². The summed E-state index contributed by atoms with van der Waals surface area (Å²) in [6.45, 7) is 2.19. The number of unbranched alkanes of at least 4 members (excludes halogenated alkanes) is 1. The van der Waals surface area contributed by atoms with E-state index in [-0.39, 0.29) is 10.6 Å². The van der Waals surface area contributed by atoms with Crippen LogP contribution >= 0.6 is 15.9 Å². The summed E-state index contributed by atoms with van der Waals surface area (Å²) in [6, 6.07) is 13.3. The van der Waals surface area contributed by atoms with Crippen LogP contribution in [0.5, 0.6) is 5.75 Å². The number of hydrogen-bond donors (Lipinski definition) is 0. The molecule has 0 bridgehead atoms. The Morgan fingerprint density at radius 2 is 1.86 bits per heavy atom. The first-order chi connectivity index (χ1) is 10.2. The van der Waals surface area contributed by atoms with Gasteiger partial charge in [-0.1, -0.05) is 59.6 Å². The van der Waals surface area contributed by atoms with Crippen LogP contribution in [0.2, 0.25) is 0 Å². The molecule has 112 valence electrons. The van der Waals surface area contributed by atoms with Gasteiger partial charge in [-0.2, -0.15) is 0 Å². The van der Waals surface area contributed by atoms with Gasteiger partial charge in [0.25, 0.3) is 0 Å². The maximum atomic E-state index is 14.1. The molecule has 0 aliphatic carbocycles. The molecule has 3 heteroatoms. The summed E-state index contributed by atoms with van der Waals surface area (Å²) in [4.78, 5) is -0.149. The van der Waals surface area contributed by atoms with E-state index >= 15 is 0 Å². The molecule has 0 heterocycles. The topological polar surface area (TPSA) is 9.23 Å². The van der Waals surface area contributed by atoms with Gasteiger partial charge < -0.3 is 4.74 Å². The molecule has 0 saturated carbocycles. The highest BCUT2D eigenvalue weighted by Crippen LogP contribution is 2.33. The second-order valence-electron chi connectivity index (χ2n) is 5.10. The third-order valence-corrected chi connectivity index (χ3v) is 4.59. The molecule has 2 aromatic carbocycles. The molecule has 0 saturated heterocycles. The van der Waals surface area contributed by atoms with Gasteiger partial charge in [-0.25, -0.2) is 4.39 Å². The van der Waals surface area contributed by atoms with Gasteiger partial charge in [-0.3, -0.25) is 0 Å². The SMILES string of the molecule is CCCCc1ccc(C(Br)c2ccc(OC)cc2F)cc1. The highest BCUT2D eigenvalue weighted by atomic mass is 79.9. The van der Waals surface area contributed by atoms with E-state index in [1.807, 2.05) is 0 Å². The minimum absolute atomic E-state index is 0.149. The minimum atomic E-state index is -0.258. The highest BCUT2D eigenvalue weighted by Gasteiger charge is 2.15. The molecule has 2 aromatic rings. The van der Waals surface area contributed by atoms with Gasteiger partial charge in [0, 0.05) is 11.6 Å². The number of benzene rings is 2. The summed E-state index contributed by atoms with van der Waals surface area (Å²) in [5, 5.41) is 0. The van der Waals surface area contributed by atoms with Crippen molar-refractivity contribution in [3.63, 3.8) is 0 Å². The number of alkyl halides is 1. The lowest BCUT2D eigenvalue weighted by atomic mass is 10.0. The van der Waals surface area contributed by atoms with Crippen molar-refractivity contribution in [1.29, 1.82) is 0 Å². The zero-order chi connectivity index (χ0) is 15.2. The molecule has 21 heavy (non-hydrogen) atoms. The minimum Gasteiger partial charge on any atom is -0.497 e. The molecule has 1 unspecified atom stereocenters. The lowest BCUT2D eigenvalue weighted by molar-refractivity contribution is 0.411. The Kier molecular flexibility index (Phi) is 5.80. The third-order valence-electron chi connectivity index (χ3n) is 3.57. The number of methoxy groups -OCH3 is 1. The van der Waals surface area contributed by atoms with Crippen molar-refractivity contribution in [2.24, 2.45) is 0 Å². The van der Waals surface area contributed by atoms with Crippen molar-refractivity contribution in [2.75, 3.05) is 7.11 Å². The van der Waals surface area contributed by atoms with Crippen LogP contribution in [0.1, 0.15) is 41.3 Å². The second kappa shape index (κ2) is 7.60. The largest absolute Gasteiger partial charge is 0.497 e. The highest BCUT2D eigenvalue weighted by molar-refractivity contribution is 9.09. The molecule has 0 fully saturated rings. The van der Waals surface area contributed by atoms with E-state index in [1.54, 1.807) is 12.1 Å². The van der Waals surface area contributed by atoms with E-state index < -0.39 is 0 Å². The fourth-order valence-corrected chi connectivity index (χ4v) is 2.93. The zero-order valence-electron chi connectivity index (χ0n) is 12.4. The number of aryl methyl sites for hydroxylation is 1. The van der Waals surface area contributed by atoms with E-state index in [9.17, 15) is 4.39 Å². The van der Waals surface area contributed by atoms with Crippen molar-refractivity contribution >= 4 is 15.9 Å². The first kappa shape index (κ1) is 16.0. The van der Waals surface area contributed by atoms with Crippen molar-refractivity contribution in [3.05, 3.63) is 65.0 Å². The van der Waals surface area contributed by atoms with Crippen LogP contribution < -0.4 is 4.74 Å². The van der Waals surface area contributed by atoms with E-state index in [4.69, 9.17) is 4.74 Å². The van der Waals surface area contributed by atoms with Crippen LogP contribution in [-0.4, -0.2) is 7.11 Å². The van der Waals surface area contributed by atoms with Crippen LogP contribution in [-0.2, 0) is 6.42 Å². The van der Waals surface area contributed by atoms with Gasteiger partial charge in [-0.15, -0.1) is 0 Å². The van der Waals surface area contributed by atoms with E-state index in [1.165, 1.54) is 31.6 Å². The summed E-state index contributed by atoms with van der Waals surface area (Å²) in [6.07, 6.45) is 3.49. The van der Waals surface area contributed by atoms with Crippen LogP contribution in [0, 0.1) is 5.82 Å². The Balaban J connectivity index is 2.17. The van der Waals surface area contributed by atoms with Gasteiger partial charge in [0.05, 0.1) is 11.9 Å². The summed E-state index contributed by atoms with van der Waals surface area (Å²) in [7, 11) is 1.54. The summed E-state index contributed by atoms with van der Waals surface area (Å²) in [5.41, 5.74) is 3.01. The third kappa shape index (κ3) is 4.07. The lowest BCUT2D eigenvalue weighted by Crippen LogP contribution is -1.98. The molecule has 2 rings (SSSR count). The van der Waals surface area contributed by atoms with Crippen LogP contribution in [0.4, 0.5) is 4.39 Å². The number of rotatable bonds is 6. The second-order valence-corrected chi connectivity index (χ2v) is 6.01. The first-order valence-corrected chi connectivity index (χ1v) is 8.13. The van der Waals surface area contributed by atoms with Gasteiger partial charge in [0.2, 0.25) is 0 Å². The predicted octanol–water partition coefficient (Wildman–Crippen LogP) is 5.66. The fraction of sp³-hybridized carbons (Fsp3) is 0.333. The van der Waals surface area contributed by atoms with Crippen LogP contribution in [0.25, 0.3) is 0 Å². The van der Waals surface area contributed by atoms with E-state index in [0.717, 1.165) is 12.0 Å². The normalized spacial score (nSPS) is 12.2. The van der Waals surface area contributed by atoms with Crippen molar-refractivity contribution in [2.45, 2.75) is 31.0 Å². The van der Waals surface area contributed by atoms with Crippen LogP contribution in [0.3, 0.4) is 0 Å². The summed E-state index contributed by atoms with van der Waals surface area (Å²) < 4.78 is 19.1. The average Bonchev–Trinajstić information content (AvgIpc) is 2.52. The molecule has 1 nitrogen and oxygen atoms in total. The van der Waals surface area contributed by atoms with Crippen LogP contribution in [0.15, 0.2) is 42.5 Å². The molecular weight excluding hydrogens is 331 g/mol. The van der Waals surface area contributed by atoms with E-state index in [0.29, 0.717) is 11.3 Å².